The summed E-state index contributed by atoms with van der Waals surface area (Å²) in [5.41, 5.74) is 16.3. The van der Waals surface area contributed by atoms with Gasteiger partial charge in [0.15, 0.2) is 5.58 Å². The quantitative estimate of drug-likeness (QED) is 0.172. The second-order valence-electron chi connectivity index (χ2n) is 22.5. The van der Waals surface area contributed by atoms with E-state index in [0.29, 0.717) is 11.8 Å². The largest absolute Gasteiger partial charge is 0.454 e. The first-order valence-corrected chi connectivity index (χ1v) is 24.4. The van der Waals surface area contributed by atoms with Gasteiger partial charge < -0.3 is 9.32 Å². The Hall–Kier alpha value is -6.12. The van der Waals surface area contributed by atoms with E-state index in [2.05, 4.69) is 210 Å². The van der Waals surface area contributed by atoms with E-state index in [0.717, 1.165) is 57.0 Å². The molecule has 0 saturated heterocycles. The first-order valence-electron chi connectivity index (χ1n) is 24.4. The van der Waals surface area contributed by atoms with Crippen molar-refractivity contribution < 1.29 is 4.42 Å². The maximum atomic E-state index is 6.96. The summed E-state index contributed by atoms with van der Waals surface area (Å²) in [4.78, 5) is 2.56. The summed E-state index contributed by atoms with van der Waals surface area (Å²) in [6.07, 6.45) is 15.4. The lowest BCUT2D eigenvalue weighted by Gasteiger charge is -2.47. The molecule has 2 heteroatoms. The van der Waals surface area contributed by atoms with Crippen molar-refractivity contribution in [1.82, 2.24) is 0 Å². The summed E-state index contributed by atoms with van der Waals surface area (Å²) in [7, 11) is 0. The van der Waals surface area contributed by atoms with E-state index in [-0.39, 0.29) is 16.2 Å². The molecule has 322 valence electrons. The van der Waals surface area contributed by atoms with E-state index >= 15 is 0 Å². The lowest BCUT2D eigenvalue weighted by molar-refractivity contribution is 0.114. The van der Waals surface area contributed by atoms with Gasteiger partial charge in [-0.25, -0.2) is 0 Å². The first kappa shape index (κ1) is 39.3. The van der Waals surface area contributed by atoms with Gasteiger partial charge in [0.1, 0.15) is 5.58 Å². The summed E-state index contributed by atoms with van der Waals surface area (Å²) in [6, 6.07) is 53.2. The number of rotatable bonds is 5. The Morgan fingerprint density at radius 1 is 0.585 bits per heavy atom. The van der Waals surface area contributed by atoms with Crippen molar-refractivity contribution in [3.8, 4) is 22.3 Å². The maximum absolute atomic E-state index is 6.96. The fraction of sp³-hybridized carbons (Fsp3) is 0.302. The molecule has 7 aromatic carbocycles. The summed E-state index contributed by atoms with van der Waals surface area (Å²) >= 11 is 0. The van der Waals surface area contributed by atoms with Crippen LogP contribution in [0.1, 0.15) is 95.4 Å². The highest BCUT2D eigenvalue weighted by atomic mass is 16.3. The van der Waals surface area contributed by atoms with E-state index in [4.69, 9.17) is 4.42 Å². The number of furan rings is 1. The van der Waals surface area contributed by atoms with E-state index in [1.807, 2.05) is 0 Å². The van der Waals surface area contributed by atoms with Crippen molar-refractivity contribution in [2.75, 3.05) is 4.90 Å². The molecule has 0 radical (unpaired) electrons. The Morgan fingerprint density at radius 3 is 2.08 bits per heavy atom. The second-order valence-corrected chi connectivity index (χ2v) is 22.5. The van der Waals surface area contributed by atoms with Gasteiger partial charge in [-0.05, 0) is 146 Å². The zero-order chi connectivity index (χ0) is 44.0. The molecular weight excluding hydrogens is 787 g/mol. The Bertz CT molecular complexity index is 3270. The van der Waals surface area contributed by atoms with Crippen LogP contribution in [-0.4, -0.2) is 0 Å². The number of anilines is 3. The van der Waals surface area contributed by atoms with Crippen LogP contribution in [0.25, 0.3) is 55.0 Å². The van der Waals surface area contributed by atoms with Gasteiger partial charge in [0.05, 0.1) is 11.4 Å². The first-order chi connectivity index (χ1) is 31.5. The molecule has 8 aromatic rings. The fourth-order valence-electron chi connectivity index (χ4n) is 14.3. The van der Waals surface area contributed by atoms with Crippen LogP contribution in [0.2, 0.25) is 0 Å². The van der Waals surface area contributed by atoms with Crippen LogP contribution in [0.4, 0.5) is 17.1 Å². The van der Waals surface area contributed by atoms with Gasteiger partial charge in [-0.15, -0.1) is 0 Å². The summed E-state index contributed by atoms with van der Waals surface area (Å²) in [5, 5.41) is 4.82. The van der Waals surface area contributed by atoms with E-state index in [9.17, 15) is 0 Å². The molecule has 0 aliphatic heterocycles. The van der Waals surface area contributed by atoms with Crippen LogP contribution < -0.4 is 4.90 Å². The zero-order valence-electron chi connectivity index (χ0n) is 38.7. The van der Waals surface area contributed by atoms with Gasteiger partial charge in [-0.3, -0.25) is 0 Å². The molecule has 4 fully saturated rings. The average molecular weight is 846 g/mol. The lowest BCUT2D eigenvalue weighted by Crippen LogP contribution is -2.44. The van der Waals surface area contributed by atoms with E-state index < -0.39 is 0 Å². The molecule has 2 nitrogen and oxygen atoms in total. The van der Waals surface area contributed by atoms with Gasteiger partial charge in [-0.1, -0.05) is 175 Å². The van der Waals surface area contributed by atoms with Crippen LogP contribution >= 0.6 is 0 Å². The predicted molar refractivity (Wildman–Crippen MR) is 273 cm³/mol. The van der Waals surface area contributed by atoms with Crippen molar-refractivity contribution in [1.29, 1.82) is 0 Å². The number of hydrogen-bond donors (Lipinski definition) is 0. The highest BCUT2D eigenvalue weighted by Gasteiger charge is 2.68. The molecule has 0 N–H and O–H groups in total. The predicted octanol–water partition coefficient (Wildman–Crippen LogP) is 17.3. The maximum Gasteiger partial charge on any atom is 0.159 e. The van der Waals surface area contributed by atoms with Crippen LogP contribution in [0.5, 0.6) is 0 Å². The Morgan fingerprint density at radius 2 is 1.28 bits per heavy atom. The number of allylic oxidation sites excluding steroid dienone is 4. The molecule has 1 aromatic heterocycles. The number of benzene rings is 7. The van der Waals surface area contributed by atoms with Gasteiger partial charge in [0, 0.05) is 33.4 Å². The topological polar surface area (TPSA) is 16.4 Å². The Balaban J connectivity index is 1.07. The van der Waals surface area contributed by atoms with Gasteiger partial charge in [0.25, 0.3) is 0 Å². The van der Waals surface area contributed by atoms with Crippen LogP contribution in [-0.2, 0) is 16.2 Å². The number of nitrogens with zero attached hydrogens (tertiary/aromatic N) is 1. The minimum absolute atomic E-state index is 0.00447. The normalized spacial score (nSPS) is 25.1. The molecular formula is C63H59NO. The number of para-hydroxylation sites is 3. The van der Waals surface area contributed by atoms with Gasteiger partial charge >= 0.3 is 0 Å². The van der Waals surface area contributed by atoms with Crippen molar-refractivity contribution in [2.24, 2.45) is 29.6 Å². The average Bonchev–Trinajstić information content (AvgIpc) is 3.99. The van der Waals surface area contributed by atoms with Gasteiger partial charge in [-0.2, -0.15) is 0 Å². The van der Waals surface area contributed by atoms with E-state index in [1.54, 1.807) is 11.1 Å². The smallest absolute Gasteiger partial charge is 0.159 e. The monoisotopic (exact) mass is 845 g/mol. The second kappa shape index (κ2) is 13.9. The number of fused-ring (bicyclic) bond motifs is 7. The fourth-order valence-corrected chi connectivity index (χ4v) is 14.3. The minimum atomic E-state index is 0.00447. The van der Waals surface area contributed by atoms with Crippen molar-refractivity contribution in [3.05, 3.63) is 186 Å². The van der Waals surface area contributed by atoms with Crippen molar-refractivity contribution >= 4 is 49.8 Å². The molecule has 7 unspecified atom stereocenters. The van der Waals surface area contributed by atoms with Gasteiger partial charge in [0.2, 0.25) is 0 Å². The summed E-state index contributed by atoms with van der Waals surface area (Å²) in [5.74, 6) is 4.25. The third kappa shape index (κ3) is 5.71. The molecule has 1 spiro atoms. The van der Waals surface area contributed by atoms with Crippen LogP contribution in [0.3, 0.4) is 0 Å². The molecule has 7 atom stereocenters. The minimum Gasteiger partial charge on any atom is -0.454 e. The SMILES string of the molecule is CC(C)(C)c1cc(-c2cccc3cccc(-c4ccccc4N(c4ccc5c(c4)C4(C6CC7CC(C6)C4C7)C4C=CC=CC54)c4cccc5c4oc4ccccc45)c23)cc(C(C)(C)C)c1. The molecule has 1 heterocycles. The molecule has 4 bridgehead atoms. The zero-order valence-corrected chi connectivity index (χ0v) is 38.7. The third-order valence-electron chi connectivity index (χ3n) is 17.0. The molecule has 14 rings (SSSR count). The Labute approximate surface area is 384 Å². The summed E-state index contributed by atoms with van der Waals surface area (Å²) < 4.78 is 6.96. The van der Waals surface area contributed by atoms with E-state index in [1.165, 1.54) is 75.5 Å². The molecule has 4 saturated carbocycles. The van der Waals surface area contributed by atoms with Crippen molar-refractivity contribution in [2.45, 2.75) is 89.4 Å². The van der Waals surface area contributed by atoms with Crippen LogP contribution in [0.15, 0.2) is 168 Å². The van der Waals surface area contributed by atoms with Crippen LogP contribution in [0, 0.1) is 29.6 Å². The summed E-state index contributed by atoms with van der Waals surface area (Å²) in [6.45, 7) is 14.0. The highest BCUT2D eigenvalue weighted by molar-refractivity contribution is 6.12. The highest BCUT2D eigenvalue weighted by Crippen LogP contribution is 2.74. The molecule has 6 aliphatic rings. The molecule has 6 aliphatic carbocycles. The lowest BCUT2D eigenvalue weighted by atomic mass is 9.56. The molecule has 65 heavy (non-hydrogen) atoms. The number of hydrogen-bond acceptors (Lipinski definition) is 2. The Kier molecular flexibility index (Phi) is 8.42. The third-order valence-corrected chi connectivity index (χ3v) is 17.0. The van der Waals surface area contributed by atoms with Crippen molar-refractivity contribution in [3.63, 3.8) is 0 Å². The standard InChI is InChI=1S/C63H59NO/c1-61(2,3)42-33-40(34-43(36-42)62(4,5)6)46-21-13-16-39-17-14-22-51(59(39)46)49-19-8-11-25-56(49)64(57-26-15-23-52-50-20-9-12-27-58(50)65-60(52)57)45-28-29-48-47-18-7-10-24-53(47)63(55(48)37-45)44-31-38-30-41(35-44)54(63)32-38/h7-29,33-34,36-38,41,44,47,53-54H,30-32,35H2,1-6H3. The molecule has 0 amide bonds.